The summed E-state index contributed by atoms with van der Waals surface area (Å²) in [5, 5.41) is 0. The van der Waals surface area contributed by atoms with Gasteiger partial charge in [0.25, 0.3) is 0 Å². The highest BCUT2D eigenvalue weighted by Crippen LogP contribution is 2.29. The van der Waals surface area contributed by atoms with Gasteiger partial charge in [-0.25, -0.2) is 4.79 Å². The van der Waals surface area contributed by atoms with E-state index in [0.29, 0.717) is 11.3 Å². The number of halogens is 1. The molecule has 0 fully saturated rings. The van der Waals surface area contributed by atoms with Crippen LogP contribution in [0.25, 0.3) is 11.8 Å². The molecule has 24 heavy (non-hydrogen) atoms. The molecule has 1 aliphatic heterocycles. The number of esters is 1. The van der Waals surface area contributed by atoms with Crippen LogP contribution in [0.15, 0.2) is 54.1 Å². The third-order valence-electron chi connectivity index (χ3n) is 3.60. The van der Waals surface area contributed by atoms with Crippen molar-refractivity contribution < 1.29 is 19.0 Å². The van der Waals surface area contributed by atoms with Gasteiger partial charge in [-0.3, -0.25) is 0 Å². The number of hydrogen-bond donors (Lipinski definition) is 0. The molecule has 5 heteroatoms. The molecule has 0 unspecified atom stereocenters. The third-order valence-corrected chi connectivity index (χ3v) is 4.44. The highest BCUT2D eigenvalue weighted by Gasteiger charge is 2.22. The van der Waals surface area contributed by atoms with Crippen LogP contribution in [0.5, 0.6) is 11.5 Å². The van der Waals surface area contributed by atoms with Gasteiger partial charge in [0.15, 0.2) is 0 Å². The Hall–Kier alpha value is -2.28. The van der Waals surface area contributed by atoms with Crippen molar-refractivity contribution in [2.75, 3.05) is 14.2 Å². The van der Waals surface area contributed by atoms with Crippen molar-refractivity contribution in [1.82, 2.24) is 0 Å². The second kappa shape index (κ2) is 7.09. The van der Waals surface area contributed by atoms with Crippen LogP contribution in [0.4, 0.5) is 0 Å². The van der Waals surface area contributed by atoms with Crippen molar-refractivity contribution in [2.45, 2.75) is 0 Å². The van der Waals surface area contributed by atoms with Crippen LogP contribution in [0.2, 0.25) is 0 Å². The molecule has 0 spiro atoms. The van der Waals surface area contributed by atoms with Crippen molar-refractivity contribution in [3.8, 4) is 11.5 Å². The average Bonchev–Trinajstić information content (AvgIpc) is 2.96. The average molecular weight is 434 g/mol. The predicted octanol–water partition coefficient (Wildman–Crippen LogP) is 4.29. The quantitative estimate of drug-likeness (QED) is 0.409. The summed E-state index contributed by atoms with van der Waals surface area (Å²) in [6.07, 6.45) is 3.56. The summed E-state index contributed by atoms with van der Waals surface area (Å²) in [6.45, 7) is 0. The van der Waals surface area contributed by atoms with Crippen molar-refractivity contribution in [2.24, 2.45) is 0 Å². The zero-order valence-corrected chi connectivity index (χ0v) is 15.4. The zero-order valence-electron chi connectivity index (χ0n) is 13.2. The molecule has 3 rings (SSSR count). The molecule has 0 N–H and O–H groups in total. The molecule has 0 radical (unpaired) electrons. The number of methoxy groups -OCH3 is 2. The van der Waals surface area contributed by atoms with E-state index >= 15 is 0 Å². The van der Waals surface area contributed by atoms with E-state index in [-0.39, 0.29) is 5.97 Å². The molecule has 0 aromatic heterocycles. The number of hydrogen-bond acceptors (Lipinski definition) is 4. The number of benzene rings is 2. The first-order valence-electron chi connectivity index (χ1n) is 7.24. The molecular weight excluding hydrogens is 419 g/mol. The van der Waals surface area contributed by atoms with Crippen molar-refractivity contribution in [3.05, 3.63) is 68.8 Å². The minimum atomic E-state index is -0.355. The van der Waals surface area contributed by atoms with Crippen molar-refractivity contribution in [1.29, 1.82) is 0 Å². The topological polar surface area (TPSA) is 44.8 Å². The summed E-state index contributed by atoms with van der Waals surface area (Å²) in [5.74, 6) is 1.75. The van der Waals surface area contributed by atoms with Gasteiger partial charge in [-0.15, -0.1) is 0 Å². The maximum absolute atomic E-state index is 12.1. The van der Waals surface area contributed by atoms with Crippen LogP contribution < -0.4 is 9.47 Å². The van der Waals surface area contributed by atoms with E-state index in [9.17, 15) is 4.79 Å². The van der Waals surface area contributed by atoms with E-state index in [1.165, 1.54) is 0 Å². The van der Waals surface area contributed by atoms with E-state index in [0.717, 1.165) is 26.2 Å². The lowest BCUT2D eigenvalue weighted by Gasteiger charge is -2.04. The molecule has 0 atom stereocenters. The van der Waals surface area contributed by atoms with Gasteiger partial charge in [-0.1, -0.05) is 6.07 Å². The largest absolute Gasteiger partial charge is 0.497 e. The van der Waals surface area contributed by atoms with E-state index in [1.54, 1.807) is 26.4 Å². The Morgan fingerprint density at radius 3 is 2.42 bits per heavy atom. The second-order valence-electron chi connectivity index (χ2n) is 5.12. The van der Waals surface area contributed by atoms with Crippen LogP contribution in [-0.2, 0) is 9.53 Å². The Balaban J connectivity index is 1.89. The molecule has 2 aromatic rings. The Labute approximate surface area is 153 Å². The summed E-state index contributed by atoms with van der Waals surface area (Å²) in [7, 11) is 3.24. The molecule has 2 aromatic carbocycles. The maximum atomic E-state index is 12.1. The number of carbonyl (C=O) groups excluding carboxylic acids is 1. The first kappa shape index (κ1) is 16.6. The predicted molar refractivity (Wildman–Crippen MR) is 101 cm³/mol. The molecule has 4 nitrogen and oxygen atoms in total. The van der Waals surface area contributed by atoms with Crippen LogP contribution in [0, 0.1) is 3.57 Å². The van der Waals surface area contributed by atoms with E-state index in [1.807, 2.05) is 42.5 Å². The molecule has 0 aliphatic carbocycles. The molecule has 0 amide bonds. The van der Waals surface area contributed by atoms with Gasteiger partial charge in [0.2, 0.25) is 0 Å². The number of cyclic esters (lactones) is 1. The lowest BCUT2D eigenvalue weighted by Crippen LogP contribution is -1.97. The highest BCUT2D eigenvalue weighted by molar-refractivity contribution is 14.1. The highest BCUT2D eigenvalue weighted by atomic mass is 127. The fourth-order valence-corrected chi connectivity index (χ4v) is 3.10. The molecule has 1 aliphatic rings. The van der Waals surface area contributed by atoms with Crippen molar-refractivity contribution >= 4 is 40.4 Å². The fraction of sp³-hybridized carbons (Fsp3) is 0.105. The SMILES string of the molecule is COc1ccc(C2=C/C(=C\c3ccc(OC)c(I)c3)C(=O)O2)cc1. The van der Waals surface area contributed by atoms with Gasteiger partial charge >= 0.3 is 5.97 Å². The minimum absolute atomic E-state index is 0.355. The van der Waals surface area contributed by atoms with E-state index < -0.39 is 0 Å². The van der Waals surface area contributed by atoms with Gasteiger partial charge < -0.3 is 14.2 Å². The van der Waals surface area contributed by atoms with Gasteiger partial charge in [-0.05, 0) is 76.7 Å². The Morgan fingerprint density at radius 2 is 1.79 bits per heavy atom. The third kappa shape index (κ3) is 3.46. The van der Waals surface area contributed by atoms with Gasteiger partial charge in [0, 0.05) is 5.56 Å². The summed E-state index contributed by atoms with van der Waals surface area (Å²) in [5.41, 5.74) is 2.26. The lowest BCUT2D eigenvalue weighted by molar-refractivity contribution is -0.130. The zero-order chi connectivity index (χ0) is 17.1. The van der Waals surface area contributed by atoms with E-state index in [2.05, 4.69) is 22.6 Å². The molecule has 0 saturated heterocycles. The van der Waals surface area contributed by atoms with Crippen LogP contribution in [-0.4, -0.2) is 20.2 Å². The minimum Gasteiger partial charge on any atom is -0.497 e. The van der Waals surface area contributed by atoms with Crippen LogP contribution in [0.1, 0.15) is 11.1 Å². The summed E-state index contributed by atoms with van der Waals surface area (Å²) < 4.78 is 16.7. The number of rotatable bonds is 4. The van der Waals surface area contributed by atoms with E-state index in [4.69, 9.17) is 14.2 Å². The number of carbonyl (C=O) groups is 1. The van der Waals surface area contributed by atoms with Gasteiger partial charge in [0.05, 0.1) is 23.4 Å². The summed E-state index contributed by atoms with van der Waals surface area (Å²) in [4.78, 5) is 12.1. The standard InChI is InChI=1S/C19H15IO4/c1-22-15-6-4-13(5-7-15)18-11-14(19(21)24-18)9-12-3-8-17(23-2)16(20)10-12/h3-11H,1-2H3/b14-9+. The molecule has 0 bridgehead atoms. The lowest BCUT2D eigenvalue weighted by atomic mass is 10.1. The molecule has 0 saturated carbocycles. The molecule has 122 valence electrons. The number of ether oxygens (including phenoxy) is 3. The monoisotopic (exact) mass is 434 g/mol. The summed E-state index contributed by atoms with van der Waals surface area (Å²) >= 11 is 2.20. The van der Waals surface area contributed by atoms with Gasteiger partial charge in [0.1, 0.15) is 17.3 Å². The first-order chi connectivity index (χ1) is 11.6. The Kier molecular flexibility index (Phi) is 4.89. The first-order valence-corrected chi connectivity index (χ1v) is 8.32. The van der Waals surface area contributed by atoms with Crippen molar-refractivity contribution in [3.63, 3.8) is 0 Å². The second-order valence-corrected chi connectivity index (χ2v) is 6.28. The summed E-state index contributed by atoms with van der Waals surface area (Å²) in [6, 6.07) is 13.1. The van der Waals surface area contributed by atoms with Crippen LogP contribution >= 0.6 is 22.6 Å². The molecule has 1 heterocycles. The maximum Gasteiger partial charge on any atom is 0.343 e. The molecular formula is C19H15IO4. The van der Waals surface area contributed by atoms with Crippen LogP contribution in [0.3, 0.4) is 0 Å². The Bertz CT molecular complexity index is 835. The van der Waals surface area contributed by atoms with Gasteiger partial charge in [-0.2, -0.15) is 0 Å². The normalized spacial score (nSPS) is 15.2. The fourth-order valence-electron chi connectivity index (χ4n) is 2.34. The smallest absolute Gasteiger partial charge is 0.343 e. The Morgan fingerprint density at radius 1 is 1.04 bits per heavy atom.